The normalized spacial score (nSPS) is 16.3. The average molecular weight is 684 g/mol. The molecule has 0 spiro atoms. The van der Waals surface area contributed by atoms with Gasteiger partial charge >= 0.3 is 0 Å². The number of nitrogens with one attached hydrogen (secondary N) is 2. The van der Waals surface area contributed by atoms with Gasteiger partial charge < -0.3 is 25.0 Å². The van der Waals surface area contributed by atoms with Gasteiger partial charge in [0.2, 0.25) is 11.1 Å². The minimum absolute atomic E-state index is 0.0468. The first-order valence-corrected chi connectivity index (χ1v) is 16.7. The number of anilines is 2. The highest BCUT2D eigenvalue weighted by Gasteiger charge is 2.36. The fraction of sp³-hybridized carbons (Fsp3) is 0.438. The molecule has 5 rings (SSSR count). The first-order chi connectivity index (χ1) is 21.2. The Morgan fingerprint density at radius 2 is 1.93 bits per heavy atom. The quantitative estimate of drug-likeness (QED) is 0.234. The van der Waals surface area contributed by atoms with Crippen LogP contribution in [0.1, 0.15) is 62.3 Å². The molecule has 1 unspecified atom stereocenters. The van der Waals surface area contributed by atoms with Gasteiger partial charge in [-0.1, -0.05) is 30.8 Å². The number of methoxy groups -OCH3 is 1. The Kier molecular flexibility index (Phi) is 10.2. The number of aryl methyl sites for hydroxylation is 1. The van der Waals surface area contributed by atoms with Crippen molar-refractivity contribution in [1.82, 2.24) is 19.7 Å². The summed E-state index contributed by atoms with van der Waals surface area (Å²) in [5.74, 6) is 2.00. The molecule has 234 valence electrons. The highest BCUT2D eigenvalue weighted by molar-refractivity contribution is 9.10. The molecule has 0 aliphatic carbocycles. The Bertz CT molecular complexity index is 1580. The largest absolute Gasteiger partial charge is 0.493 e. The van der Waals surface area contributed by atoms with E-state index in [1.54, 1.807) is 23.6 Å². The number of nitrogens with zero attached hydrogens (tertiary/aromatic N) is 4. The first-order valence-electron chi connectivity index (χ1n) is 14.9. The predicted molar refractivity (Wildman–Crippen MR) is 177 cm³/mol. The lowest BCUT2D eigenvalue weighted by molar-refractivity contribution is -0.134. The highest BCUT2D eigenvalue weighted by Crippen LogP contribution is 2.43. The molecule has 12 heteroatoms. The summed E-state index contributed by atoms with van der Waals surface area (Å²) in [4.78, 5) is 33.5. The molecule has 2 aliphatic rings. The van der Waals surface area contributed by atoms with Crippen LogP contribution in [0.4, 0.5) is 11.6 Å². The number of hydrogen-bond donors (Lipinski definition) is 2. The molecule has 3 aromatic rings. The summed E-state index contributed by atoms with van der Waals surface area (Å²) in [7, 11) is 1.56. The number of carbonyl (C=O) groups excluding carboxylic acids is 2. The summed E-state index contributed by atoms with van der Waals surface area (Å²) >= 11 is 5.23. The van der Waals surface area contributed by atoms with Crippen LogP contribution in [0, 0.1) is 13.8 Å². The van der Waals surface area contributed by atoms with E-state index in [2.05, 4.69) is 33.5 Å². The van der Waals surface area contributed by atoms with Crippen molar-refractivity contribution in [3.8, 4) is 11.5 Å². The molecule has 2 amide bonds. The number of benzene rings is 2. The molecular formula is C32H39BrN6O4S. The molecule has 1 saturated heterocycles. The molecule has 2 aliphatic heterocycles. The summed E-state index contributed by atoms with van der Waals surface area (Å²) < 4.78 is 14.2. The molecule has 1 atom stereocenters. The molecule has 2 N–H and O–H groups in total. The zero-order valence-electron chi connectivity index (χ0n) is 25.8. The van der Waals surface area contributed by atoms with Gasteiger partial charge in [-0.15, -0.1) is 5.10 Å². The van der Waals surface area contributed by atoms with Crippen molar-refractivity contribution >= 4 is 51.1 Å². The molecule has 2 aromatic carbocycles. The Morgan fingerprint density at radius 3 is 2.66 bits per heavy atom. The van der Waals surface area contributed by atoms with Gasteiger partial charge in [0, 0.05) is 30.2 Å². The predicted octanol–water partition coefficient (Wildman–Crippen LogP) is 6.49. The Morgan fingerprint density at radius 1 is 1.16 bits per heavy atom. The summed E-state index contributed by atoms with van der Waals surface area (Å²) in [6, 6.07) is 8.96. The maximum atomic E-state index is 14.1. The average Bonchev–Trinajstić information content (AvgIpc) is 3.43. The van der Waals surface area contributed by atoms with E-state index < -0.39 is 6.04 Å². The topological polar surface area (TPSA) is 111 Å². The highest BCUT2D eigenvalue weighted by atomic mass is 79.9. The van der Waals surface area contributed by atoms with E-state index in [1.807, 2.05) is 56.0 Å². The van der Waals surface area contributed by atoms with Crippen molar-refractivity contribution in [1.29, 1.82) is 0 Å². The standard InChI is InChI=1S/C32H39BrN6O4S/c1-6-15-44-32-36-31-34-21(4)27(30(41)35-24-12-10-11-19(2)20(24)3)28(39(31)37-32)22-16-23(33)29(25(17-22)42-5)43-18-26(40)38-13-8-7-9-14-38/h10-12,16-17,28H,6-9,13-15,18H2,1-5H3,(H,35,41)(H,34,36,37). The fourth-order valence-corrected chi connectivity index (χ4v) is 6.73. The van der Waals surface area contributed by atoms with Crippen molar-refractivity contribution < 1.29 is 19.1 Å². The van der Waals surface area contributed by atoms with Crippen molar-refractivity contribution in [2.24, 2.45) is 0 Å². The molecule has 44 heavy (non-hydrogen) atoms. The van der Waals surface area contributed by atoms with Gasteiger partial charge in [0.1, 0.15) is 6.04 Å². The van der Waals surface area contributed by atoms with Crippen molar-refractivity contribution in [3.63, 3.8) is 0 Å². The molecule has 0 radical (unpaired) electrons. The molecule has 0 bridgehead atoms. The van der Waals surface area contributed by atoms with E-state index in [1.165, 1.54) is 0 Å². The molecule has 10 nitrogen and oxygen atoms in total. The maximum Gasteiger partial charge on any atom is 0.260 e. The third kappa shape index (κ3) is 6.76. The van der Waals surface area contributed by atoms with E-state index in [0.717, 1.165) is 66.9 Å². The van der Waals surface area contributed by atoms with E-state index in [-0.39, 0.29) is 18.4 Å². The Labute approximate surface area is 271 Å². The molecule has 1 aromatic heterocycles. The number of hydrogen-bond acceptors (Lipinski definition) is 8. The van der Waals surface area contributed by atoms with Gasteiger partial charge in [0.25, 0.3) is 11.8 Å². The van der Waals surface area contributed by atoms with Crippen LogP contribution in [0.5, 0.6) is 11.5 Å². The number of piperidine rings is 1. The van der Waals surface area contributed by atoms with Gasteiger partial charge in [0.05, 0.1) is 17.2 Å². The van der Waals surface area contributed by atoms with E-state index in [0.29, 0.717) is 38.3 Å². The molecule has 3 heterocycles. The summed E-state index contributed by atoms with van der Waals surface area (Å²) in [6.45, 7) is 9.42. The Hall–Kier alpha value is -3.51. The molecule has 0 saturated carbocycles. The number of allylic oxidation sites excluding steroid dienone is 1. The van der Waals surface area contributed by atoms with Crippen LogP contribution in [-0.2, 0) is 9.59 Å². The molecular weight excluding hydrogens is 644 g/mol. The second-order valence-corrected chi connectivity index (χ2v) is 13.0. The van der Waals surface area contributed by atoms with Crippen LogP contribution >= 0.6 is 27.7 Å². The number of carbonyl (C=O) groups is 2. The van der Waals surface area contributed by atoms with E-state index >= 15 is 0 Å². The summed E-state index contributed by atoms with van der Waals surface area (Å²) in [5, 5.41) is 11.9. The summed E-state index contributed by atoms with van der Waals surface area (Å²) in [5.41, 5.74) is 4.76. The number of ether oxygens (including phenoxy) is 2. The first kappa shape index (κ1) is 31.9. The van der Waals surface area contributed by atoms with E-state index in [9.17, 15) is 9.59 Å². The number of halogens is 1. The van der Waals surface area contributed by atoms with Crippen LogP contribution in [0.2, 0.25) is 0 Å². The van der Waals surface area contributed by atoms with Crippen molar-refractivity contribution in [2.75, 3.05) is 43.2 Å². The van der Waals surface area contributed by atoms with Gasteiger partial charge in [0.15, 0.2) is 18.1 Å². The lowest BCUT2D eigenvalue weighted by Gasteiger charge is -2.29. The van der Waals surface area contributed by atoms with Crippen LogP contribution in [0.15, 0.2) is 51.2 Å². The number of aromatic nitrogens is 3. The minimum Gasteiger partial charge on any atom is -0.493 e. The zero-order valence-corrected chi connectivity index (χ0v) is 28.2. The Balaban J connectivity index is 1.51. The zero-order chi connectivity index (χ0) is 31.4. The SMILES string of the molecule is CCCSc1nc2n(n1)C(c1cc(Br)c(OCC(=O)N3CCCCC3)c(OC)c1)C(C(=O)Nc1cccc(C)c1C)=C(C)N2. The number of thioether (sulfide) groups is 1. The van der Waals surface area contributed by atoms with E-state index in [4.69, 9.17) is 19.6 Å². The number of likely N-dealkylation sites (tertiary alicyclic amines) is 1. The van der Waals surface area contributed by atoms with Gasteiger partial charge in [-0.05, 0) is 97.3 Å². The number of fused-ring (bicyclic) bond motifs is 1. The van der Waals surface area contributed by atoms with Gasteiger partial charge in [-0.2, -0.15) is 4.98 Å². The minimum atomic E-state index is -0.617. The summed E-state index contributed by atoms with van der Waals surface area (Å²) in [6.07, 6.45) is 4.16. The molecule has 1 fully saturated rings. The second-order valence-electron chi connectivity index (χ2n) is 11.0. The number of amides is 2. The third-order valence-electron chi connectivity index (χ3n) is 7.98. The van der Waals surface area contributed by atoms with Gasteiger partial charge in [-0.25, -0.2) is 4.68 Å². The fourth-order valence-electron chi connectivity index (χ4n) is 5.47. The second kappa shape index (κ2) is 14.1. The van der Waals surface area contributed by atoms with Crippen LogP contribution < -0.4 is 20.1 Å². The third-order valence-corrected chi connectivity index (χ3v) is 9.61. The monoisotopic (exact) mass is 682 g/mol. The smallest absolute Gasteiger partial charge is 0.260 e. The van der Waals surface area contributed by atoms with Crippen LogP contribution in [0.3, 0.4) is 0 Å². The van der Waals surface area contributed by atoms with Crippen molar-refractivity contribution in [3.05, 3.63) is 62.8 Å². The lowest BCUT2D eigenvalue weighted by Crippen LogP contribution is -2.38. The van der Waals surface area contributed by atoms with Gasteiger partial charge in [-0.3, -0.25) is 9.59 Å². The van der Waals surface area contributed by atoms with Crippen LogP contribution in [-0.4, -0.2) is 64.0 Å². The maximum absolute atomic E-state index is 14.1. The lowest BCUT2D eigenvalue weighted by atomic mass is 9.94. The van der Waals surface area contributed by atoms with Crippen molar-refractivity contribution in [2.45, 2.75) is 64.6 Å². The number of rotatable bonds is 10. The van der Waals surface area contributed by atoms with Crippen LogP contribution in [0.25, 0.3) is 0 Å².